The summed E-state index contributed by atoms with van der Waals surface area (Å²) in [7, 11) is 1.65. The number of benzene rings is 2. The first-order valence-electron chi connectivity index (χ1n) is 5.61. The maximum atomic E-state index is 5.90. The minimum Gasteiger partial charge on any atom is -0.497 e. The second-order valence-electron chi connectivity index (χ2n) is 3.97. The molecule has 0 bridgehead atoms. The summed E-state index contributed by atoms with van der Waals surface area (Å²) < 4.78 is 12.1. The van der Waals surface area contributed by atoms with Crippen LogP contribution in [0, 0.1) is 0 Å². The Morgan fingerprint density at radius 3 is 2.56 bits per heavy atom. The summed E-state index contributed by atoms with van der Waals surface area (Å²) in [6.45, 7) is 0. The highest BCUT2D eigenvalue weighted by atomic mass is 79.9. The highest BCUT2D eigenvalue weighted by Crippen LogP contribution is 2.38. The summed E-state index contributed by atoms with van der Waals surface area (Å²) in [5.74, 6) is 1.64. The molecule has 0 unspecified atom stereocenters. The number of furan rings is 1. The molecule has 0 radical (unpaired) electrons. The lowest BCUT2D eigenvalue weighted by molar-refractivity contribution is 0.414. The van der Waals surface area contributed by atoms with Crippen molar-refractivity contribution in [2.75, 3.05) is 7.11 Å². The third-order valence-corrected chi connectivity index (χ3v) is 3.66. The number of ether oxygens (including phenoxy) is 1. The zero-order valence-electron chi connectivity index (χ0n) is 9.81. The average molecular weight is 303 g/mol. The van der Waals surface area contributed by atoms with Gasteiger partial charge >= 0.3 is 0 Å². The number of halogens is 1. The maximum Gasteiger partial charge on any atom is 0.149 e. The number of fused-ring (bicyclic) bond motifs is 1. The summed E-state index contributed by atoms with van der Waals surface area (Å²) in [5, 5.41) is 1.05. The molecule has 18 heavy (non-hydrogen) atoms. The molecule has 0 N–H and O–H groups in total. The second-order valence-corrected chi connectivity index (χ2v) is 4.77. The fourth-order valence-electron chi connectivity index (χ4n) is 1.95. The van der Waals surface area contributed by atoms with Crippen molar-refractivity contribution in [1.29, 1.82) is 0 Å². The van der Waals surface area contributed by atoms with Crippen molar-refractivity contribution in [2.24, 2.45) is 0 Å². The summed E-state index contributed by atoms with van der Waals surface area (Å²) >= 11 is 3.60. The first-order chi connectivity index (χ1) is 8.79. The third-order valence-electron chi connectivity index (χ3n) is 2.87. The minimum atomic E-state index is 0.795. The molecule has 0 saturated carbocycles. The Morgan fingerprint density at radius 1 is 1.06 bits per heavy atom. The SMILES string of the molecule is COc1ccc2c(Br)c(-c3ccccc3)oc2c1. The molecule has 3 rings (SSSR count). The van der Waals surface area contributed by atoms with Crippen molar-refractivity contribution in [3.05, 3.63) is 53.0 Å². The molecule has 0 atom stereocenters. The van der Waals surface area contributed by atoms with Crippen LogP contribution in [0.1, 0.15) is 0 Å². The molecule has 3 heteroatoms. The van der Waals surface area contributed by atoms with Gasteiger partial charge in [0.2, 0.25) is 0 Å². The highest BCUT2D eigenvalue weighted by Gasteiger charge is 2.13. The van der Waals surface area contributed by atoms with E-state index in [4.69, 9.17) is 9.15 Å². The molecule has 0 amide bonds. The molecular formula is C15H11BrO2. The molecule has 2 aromatic carbocycles. The Kier molecular flexibility index (Phi) is 2.84. The predicted octanol–water partition coefficient (Wildman–Crippen LogP) is 4.87. The molecule has 0 saturated heterocycles. The smallest absolute Gasteiger partial charge is 0.149 e. The van der Waals surface area contributed by atoms with Gasteiger partial charge in [0.25, 0.3) is 0 Å². The van der Waals surface area contributed by atoms with Crippen LogP contribution in [0.2, 0.25) is 0 Å². The molecule has 0 aliphatic rings. The molecule has 2 nitrogen and oxygen atoms in total. The van der Waals surface area contributed by atoms with E-state index in [1.165, 1.54) is 0 Å². The quantitative estimate of drug-likeness (QED) is 0.674. The summed E-state index contributed by atoms with van der Waals surface area (Å²) in [6.07, 6.45) is 0. The van der Waals surface area contributed by atoms with Gasteiger partial charge in [-0.05, 0) is 28.1 Å². The summed E-state index contributed by atoms with van der Waals surface area (Å²) in [6, 6.07) is 15.9. The van der Waals surface area contributed by atoms with Crippen molar-refractivity contribution < 1.29 is 9.15 Å². The van der Waals surface area contributed by atoms with Crippen molar-refractivity contribution in [3.8, 4) is 17.1 Å². The van der Waals surface area contributed by atoms with E-state index in [2.05, 4.69) is 15.9 Å². The van der Waals surface area contributed by atoms with E-state index in [-0.39, 0.29) is 0 Å². The van der Waals surface area contributed by atoms with Crippen molar-refractivity contribution >= 4 is 26.9 Å². The van der Waals surface area contributed by atoms with Crippen LogP contribution in [0.4, 0.5) is 0 Å². The van der Waals surface area contributed by atoms with Gasteiger partial charge in [0, 0.05) is 17.0 Å². The molecule has 0 spiro atoms. The van der Waals surface area contributed by atoms with Gasteiger partial charge < -0.3 is 9.15 Å². The van der Waals surface area contributed by atoms with Crippen molar-refractivity contribution in [2.45, 2.75) is 0 Å². The van der Waals surface area contributed by atoms with E-state index in [9.17, 15) is 0 Å². The van der Waals surface area contributed by atoms with E-state index in [1.807, 2.05) is 48.5 Å². The number of hydrogen-bond donors (Lipinski definition) is 0. The van der Waals surface area contributed by atoms with E-state index in [0.29, 0.717) is 0 Å². The van der Waals surface area contributed by atoms with Crippen molar-refractivity contribution in [1.82, 2.24) is 0 Å². The third kappa shape index (κ3) is 1.81. The van der Waals surface area contributed by atoms with Gasteiger partial charge in [-0.25, -0.2) is 0 Å². The van der Waals surface area contributed by atoms with Crippen LogP contribution >= 0.6 is 15.9 Å². The lowest BCUT2D eigenvalue weighted by atomic mass is 10.1. The monoisotopic (exact) mass is 302 g/mol. The van der Waals surface area contributed by atoms with Crippen LogP contribution in [0.5, 0.6) is 5.75 Å². The largest absolute Gasteiger partial charge is 0.497 e. The van der Waals surface area contributed by atoms with E-state index in [0.717, 1.165) is 32.5 Å². The van der Waals surface area contributed by atoms with Crippen LogP contribution in [0.15, 0.2) is 57.4 Å². The number of rotatable bonds is 2. The fraction of sp³-hybridized carbons (Fsp3) is 0.0667. The first kappa shape index (κ1) is 11.4. The van der Waals surface area contributed by atoms with Gasteiger partial charge in [-0.2, -0.15) is 0 Å². The zero-order chi connectivity index (χ0) is 12.5. The van der Waals surface area contributed by atoms with Crippen LogP contribution in [-0.4, -0.2) is 7.11 Å². The second kappa shape index (κ2) is 4.50. The fourth-order valence-corrected chi connectivity index (χ4v) is 2.59. The van der Waals surface area contributed by atoms with Crippen LogP contribution < -0.4 is 4.74 Å². The lowest BCUT2D eigenvalue weighted by Crippen LogP contribution is -1.80. The lowest BCUT2D eigenvalue weighted by Gasteiger charge is -1.96. The molecule has 1 heterocycles. The van der Waals surface area contributed by atoms with Gasteiger partial charge in [0.1, 0.15) is 17.1 Å². The molecule has 1 aromatic heterocycles. The van der Waals surface area contributed by atoms with E-state index < -0.39 is 0 Å². The Morgan fingerprint density at radius 2 is 1.83 bits per heavy atom. The standard InChI is InChI=1S/C15H11BrO2/c1-17-11-7-8-12-13(9-11)18-15(14(12)16)10-5-3-2-4-6-10/h2-9H,1H3. The highest BCUT2D eigenvalue weighted by molar-refractivity contribution is 9.10. The van der Waals surface area contributed by atoms with Crippen molar-refractivity contribution in [3.63, 3.8) is 0 Å². The van der Waals surface area contributed by atoms with Gasteiger partial charge in [0.05, 0.1) is 11.6 Å². The Labute approximate surface area is 113 Å². The number of methoxy groups -OCH3 is 1. The predicted molar refractivity (Wildman–Crippen MR) is 75.9 cm³/mol. The molecule has 3 aromatic rings. The average Bonchev–Trinajstić information content (AvgIpc) is 2.76. The Balaban J connectivity index is 2.23. The first-order valence-corrected chi connectivity index (χ1v) is 6.40. The molecular weight excluding hydrogens is 292 g/mol. The van der Waals surface area contributed by atoms with E-state index in [1.54, 1.807) is 7.11 Å². The molecule has 0 aliphatic carbocycles. The zero-order valence-corrected chi connectivity index (χ0v) is 11.4. The summed E-state index contributed by atoms with van der Waals surface area (Å²) in [4.78, 5) is 0. The molecule has 0 aliphatic heterocycles. The maximum absolute atomic E-state index is 5.90. The topological polar surface area (TPSA) is 22.4 Å². The Bertz CT molecular complexity index is 686. The van der Waals surface area contributed by atoms with Gasteiger partial charge in [-0.3, -0.25) is 0 Å². The van der Waals surface area contributed by atoms with Gasteiger partial charge in [0.15, 0.2) is 0 Å². The van der Waals surface area contributed by atoms with Crippen LogP contribution in [0.3, 0.4) is 0 Å². The van der Waals surface area contributed by atoms with Crippen LogP contribution in [0.25, 0.3) is 22.3 Å². The summed E-state index contributed by atoms with van der Waals surface area (Å²) in [5.41, 5.74) is 1.87. The molecule has 0 fully saturated rings. The normalized spacial score (nSPS) is 10.8. The van der Waals surface area contributed by atoms with Crippen LogP contribution in [-0.2, 0) is 0 Å². The Hall–Kier alpha value is -1.74. The van der Waals surface area contributed by atoms with Gasteiger partial charge in [-0.1, -0.05) is 30.3 Å². The molecule has 90 valence electrons. The van der Waals surface area contributed by atoms with Gasteiger partial charge in [-0.15, -0.1) is 0 Å². The minimum absolute atomic E-state index is 0.795. The number of hydrogen-bond acceptors (Lipinski definition) is 2. The van der Waals surface area contributed by atoms with E-state index >= 15 is 0 Å².